The first-order valence-corrected chi connectivity index (χ1v) is 6.18. The fourth-order valence-electron chi connectivity index (χ4n) is 1.69. The van der Waals surface area contributed by atoms with Crippen LogP contribution in [-0.2, 0) is 0 Å². The van der Waals surface area contributed by atoms with E-state index in [1.54, 1.807) is 0 Å². The molecule has 3 heteroatoms. The molecule has 0 aliphatic rings. The average Bonchev–Trinajstić information content (AvgIpc) is 2.25. The molecule has 2 N–H and O–H groups in total. The van der Waals surface area contributed by atoms with Gasteiger partial charge in [-0.1, -0.05) is 19.9 Å². The van der Waals surface area contributed by atoms with Crippen LogP contribution in [-0.4, -0.2) is 13.6 Å². The zero-order valence-corrected chi connectivity index (χ0v) is 11.2. The average molecular weight is 238 g/mol. The molecule has 1 atom stereocenters. The first-order valence-electron chi connectivity index (χ1n) is 6.18. The second kappa shape index (κ2) is 6.01. The Kier molecular flexibility index (Phi) is 4.94. The molecular formula is C14H23FN2. The highest BCUT2D eigenvalue weighted by molar-refractivity contribution is 5.48. The van der Waals surface area contributed by atoms with Crippen molar-refractivity contribution in [1.29, 1.82) is 0 Å². The van der Waals surface area contributed by atoms with Crippen molar-refractivity contribution in [2.24, 2.45) is 11.7 Å². The molecule has 0 fully saturated rings. The van der Waals surface area contributed by atoms with E-state index in [4.69, 9.17) is 5.73 Å². The fraction of sp³-hybridized carbons (Fsp3) is 0.571. The summed E-state index contributed by atoms with van der Waals surface area (Å²) in [5.74, 6) is 0.440. The maximum atomic E-state index is 13.9. The number of nitrogens with two attached hydrogens (primary N) is 1. The van der Waals surface area contributed by atoms with Crippen molar-refractivity contribution in [2.45, 2.75) is 33.2 Å². The summed E-state index contributed by atoms with van der Waals surface area (Å²) in [6.45, 7) is 7.07. The molecule has 2 nitrogen and oxygen atoms in total. The second-order valence-electron chi connectivity index (χ2n) is 5.10. The Bertz CT molecular complexity index is 361. The van der Waals surface area contributed by atoms with Crippen LogP contribution in [0.25, 0.3) is 0 Å². The van der Waals surface area contributed by atoms with E-state index in [2.05, 4.69) is 13.8 Å². The summed E-state index contributed by atoms with van der Waals surface area (Å²) < 4.78 is 13.9. The van der Waals surface area contributed by atoms with Crippen molar-refractivity contribution < 1.29 is 4.39 Å². The van der Waals surface area contributed by atoms with Crippen molar-refractivity contribution in [3.63, 3.8) is 0 Å². The minimum atomic E-state index is -0.189. The summed E-state index contributed by atoms with van der Waals surface area (Å²) in [4.78, 5) is 1.96. The minimum absolute atomic E-state index is 0.125. The number of nitrogens with zero attached hydrogens (tertiary/aromatic N) is 1. The van der Waals surface area contributed by atoms with Crippen LogP contribution < -0.4 is 10.6 Å². The van der Waals surface area contributed by atoms with Gasteiger partial charge in [-0.3, -0.25) is 0 Å². The van der Waals surface area contributed by atoms with Gasteiger partial charge in [0.05, 0.1) is 5.69 Å². The molecule has 0 amide bonds. The summed E-state index contributed by atoms with van der Waals surface area (Å²) in [5.41, 5.74) is 7.21. The highest BCUT2D eigenvalue weighted by atomic mass is 19.1. The zero-order chi connectivity index (χ0) is 13.0. The van der Waals surface area contributed by atoms with E-state index >= 15 is 0 Å². The molecule has 0 unspecified atom stereocenters. The number of halogens is 1. The summed E-state index contributed by atoms with van der Waals surface area (Å²) >= 11 is 0. The molecule has 0 radical (unpaired) electrons. The molecule has 0 heterocycles. The van der Waals surface area contributed by atoms with Gasteiger partial charge in [0.25, 0.3) is 0 Å². The van der Waals surface area contributed by atoms with Crippen molar-refractivity contribution in [3.8, 4) is 0 Å². The lowest BCUT2D eigenvalue weighted by Crippen LogP contribution is -2.21. The van der Waals surface area contributed by atoms with E-state index in [-0.39, 0.29) is 11.9 Å². The summed E-state index contributed by atoms with van der Waals surface area (Å²) in [6, 6.07) is 5.12. The van der Waals surface area contributed by atoms with Gasteiger partial charge in [0.2, 0.25) is 0 Å². The Morgan fingerprint density at radius 3 is 2.41 bits per heavy atom. The molecule has 1 rings (SSSR count). The molecule has 0 saturated heterocycles. The predicted molar refractivity (Wildman–Crippen MR) is 71.7 cm³/mol. The first kappa shape index (κ1) is 14.0. The number of benzene rings is 1. The Labute approximate surface area is 104 Å². The van der Waals surface area contributed by atoms with E-state index in [0.29, 0.717) is 11.6 Å². The molecule has 0 saturated carbocycles. The molecule has 0 aliphatic heterocycles. The smallest absolute Gasteiger partial charge is 0.146 e. The number of anilines is 1. The second-order valence-corrected chi connectivity index (χ2v) is 5.10. The van der Waals surface area contributed by atoms with Gasteiger partial charge in [0.1, 0.15) is 5.82 Å². The molecule has 0 bridgehead atoms. The van der Waals surface area contributed by atoms with Gasteiger partial charge in [-0.15, -0.1) is 0 Å². The molecule has 1 aromatic carbocycles. The standard InChI is InChI=1S/C14H23FN2/c1-10(2)7-8-17(4)14-6-5-12(11(3)16)9-13(14)15/h5-6,9-11H,7-8,16H2,1-4H3/t11-/m0/s1. The number of rotatable bonds is 5. The van der Waals surface area contributed by atoms with Crippen LogP contribution in [0.15, 0.2) is 18.2 Å². The SMILES string of the molecule is CC(C)CCN(C)c1ccc([C@H](C)N)cc1F. The van der Waals surface area contributed by atoms with Crippen LogP contribution in [0.2, 0.25) is 0 Å². The summed E-state index contributed by atoms with van der Waals surface area (Å²) in [5, 5.41) is 0. The van der Waals surface area contributed by atoms with E-state index in [0.717, 1.165) is 18.5 Å². The molecule has 17 heavy (non-hydrogen) atoms. The fourth-order valence-corrected chi connectivity index (χ4v) is 1.69. The highest BCUT2D eigenvalue weighted by Crippen LogP contribution is 2.22. The van der Waals surface area contributed by atoms with E-state index < -0.39 is 0 Å². The van der Waals surface area contributed by atoms with Crippen LogP contribution in [0.1, 0.15) is 38.8 Å². The lowest BCUT2D eigenvalue weighted by atomic mass is 10.1. The maximum Gasteiger partial charge on any atom is 0.146 e. The van der Waals surface area contributed by atoms with E-state index in [1.807, 2.05) is 31.0 Å². The number of hydrogen-bond acceptors (Lipinski definition) is 2. The van der Waals surface area contributed by atoms with Gasteiger partial charge >= 0.3 is 0 Å². The maximum absolute atomic E-state index is 13.9. The van der Waals surface area contributed by atoms with Gasteiger partial charge in [-0.25, -0.2) is 4.39 Å². The largest absolute Gasteiger partial charge is 0.372 e. The lowest BCUT2D eigenvalue weighted by molar-refractivity contribution is 0.573. The third-order valence-corrected chi connectivity index (χ3v) is 2.95. The Balaban J connectivity index is 2.77. The quantitative estimate of drug-likeness (QED) is 0.852. The number of hydrogen-bond donors (Lipinski definition) is 1. The van der Waals surface area contributed by atoms with E-state index in [9.17, 15) is 4.39 Å². The summed E-state index contributed by atoms with van der Waals surface area (Å²) in [7, 11) is 1.92. The Morgan fingerprint density at radius 1 is 1.29 bits per heavy atom. The summed E-state index contributed by atoms with van der Waals surface area (Å²) in [6.07, 6.45) is 1.06. The molecule has 0 aromatic heterocycles. The van der Waals surface area contributed by atoms with E-state index in [1.165, 1.54) is 6.07 Å². The van der Waals surface area contributed by atoms with Crippen LogP contribution in [0.3, 0.4) is 0 Å². The van der Waals surface area contributed by atoms with Gasteiger partial charge in [0, 0.05) is 19.6 Å². The molecular weight excluding hydrogens is 215 g/mol. The van der Waals surface area contributed by atoms with Crippen molar-refractivity contribution in [2.75, 3.05) is 18.5 Å². The first-order chi connectivity index (χ1) is 7.91. The lowest BCUT2D eigenvalue weighted by Gasteiger charge is -2.21. The normalized spacial score (nSPS) is 12.9. The van der Waals surface area contributed by atoms with Crippen LogP contribution in [0, 0.1) is 11.7 Å². The highest BCUT2D eigenvalue weighted by Gasteiger charge is 2.10. The molecule has 96 valence electrons. The van der Waals surface area contributed by atoms with Gasteiger partial charge < -0.3 is 10.6 Å². The topological polar surface area (TPSA) is 29.3 Å². The third kappa shape index (κ3) is 4.00. The monoisotopic (exact) mass is 238 g/mol. The van der Waals surface area contributed by atoms with Crippen molar-refractivity contribution in [1.82, 2.24) is 0 Å². The molecule has 0 aliphatic carbocycles. The van der Waals surface area contributed by atoms with Gasteiger partial charge in [-0.05, 0) is 37.0 Å². The molecule has 1 aromatic rings. The van der Waals surface area contributed by atoms with Gasteiger partial charge in [0.15, 0.2) is 0 Å². The zero-order valence-electron chi connectivity index (χ0n) is 11.2. The van der Waals surface area contributed by atoms with Gasteiger partial charge in [-0.2, -0.15) is 0 Å². The van der Waals surface area contributed by atoms with Crippen LogP contribution >= 0.6 is 0 Å². The van der Waals surface area contributed by atoms with Crippen molar-refractivity contribution in [3.05, 3.63) is 29.6 Å². The minimum Gasteiger partial charge on any atom is -0.372 e. The Morgan fingerprint density at radius 2 is 1.94 bits per heavy atom. The van der Waals surface area contributed by atoms with Crippen molar-refractivity contribution >= 4 is 5.69 Å². The predicted octanol–water partition coefficient (Wildman–Crippen LogP) is 3.33. The van der Waals surface area contributed by atoms with Crippen LogP contribution in [0.5, 0.6) is 0 Å². The Hall–Kier alpha value is -1.09. The van der Waals surface area contributed by atoms with Crippen LogP contribution in [0.4, 0.5) is 10.1 Å². The molecule has 0 spiro atoms. The third-order valence-electron chi connectivity index (χ3n) is 2.95.